The van der Waals surface area contributed by atoms with Gasteiger partial charge < -0.3 is 15.0 Å². The van der Waals surface area contributed by atoms with Crippen LogP contribution in [-0.4, -0.2) is 39.6 Å². The van der Waals surface area contributed by atoms with Crippen molar-refractivity contribution in [1.29, 1.82) is 0 Å². The van der Waals surface area contributed by atoms with E-state index in [1.165, 1.54) is 0 Å². The summed E-state index contributed by atoms with van der Waals surface area (Å²) in [7, 11) is 0. The maximum atomic E-state index is 13.8. The van der Waals surface area contributed by atoms with Crippen molar-refractivity contribution in [3.8, 4) is 5.69 Å². The van der Waals surface area contributed by atoms with Gasteiger partial charge in [-0.15, -0.1) is 0 Å². The third-order valence-corrected chi connectivity index (χ3v) is 7.05. The largest absolute Gasteiger partial charge is 0.462 e. The SMILES string of the molecule is CCCCN(C(=O)Nc1ccc(C(=O)OCC)cc1)C(C)c1nc2ccccc2c(=O)n1-c1ccc(C)c(C)c1. The fourth-order valence-electron chi connectivity index (χ4n) is 4.58. The molecule has 1 heterocycles. The zero-order valence-corrected chi connectivity index (χ0v) is 23.7. The van der Waals surface area contributed by atoms with E-state index in [2.05, 4.69) is 12.2 Å². The first kappa shape index (κ1) is 28.5. The van der Waals surface area contributed by atoms with Crippen LogP contribution >= 0.6 is 0 Å². The van der Waals surface area contributed by atoms with Crippen molar-refractivity contribution in [2.24, 2.45) is 0 Å². The molecule has 0 aliphatic rings. The minimum Gasteiger partial charge on any atom is -0.462 e. The van der Waals surface area contributed by atoms with Gasteiger partial charge in [0.2, 0.25) is 0 Å². The number of urea groups is 1. The highest BCUT2D eigenvalue weighted by Crippen LogP contribution is 2.25. The molecule has 1 atom stereocenters. The topological polar surface area (TPSA) is 93.5 Å². The number of para-hydroxylation sites is 1. The fourth-order valence-corrected chi connectivity index (χ4v) is 4.58. The lowest BCUT2D eigenvalue weighted by molar-refractivity contribution is 0.0526. The van der Waals surface area contributed by atoms with Gasteiger partial charge in [0.15, 0.2) is 0 Å². The van der Waals surface area contributed by atoms with Gasteiger partial charge in [-0.1, -0.05) is 31.5 Å². The molecule has 208 valence electrons. The molecule has 0 saturated heterocycles. The smallest absolute Gasteiger partial charge is 0.338 e. The minimum absolute atomic E-state index is 0.180. The molecule has 0 aliphatic carbocycles. The van der Waals surface area contributed by atoms with E-state index < -0.39 is 12.0 Å². The Bertz CT molecular complexity index is 1580. The summed E-state index contributed by atoms with van der Waals surface area (Å²) in [6.45, 7) is 10.5. The van der Waals surface area contributed by atoms with Gasteiger partial charge in [-0.05, 0) is 93.8 Å². The van der Waals surface area contributed by atoms with Crippen molar-refractivity contribution >= 4 is 28.6 Å². The Morgan fingerprint density at radius 2 is 1.73 bits per heavy atom. The number of aryl methyl sites for hydroxylation is 2. The maximum absolute atomic E-state index is 13.8. The van der Waals surface area contributed by atoms with Crippen LogP contribution in [-0.2, 0) is 4.74 Å². The molecule has 0 saturated carbocycles. The van der Waals surface area contributed by atoms with E-state index in [9.17, 15) is 14.4 Å². The van der Waals surface area contributed by atoms with Crippen LogP contribution in [0.4, 0.5) is 10.5 Å². The summed E-state index contributed by atoms with van der Waals surface area (Å²) in [6, 6.07) is 18.9. The first-order valence-corrected chi connectivity index (χ1v) is 13.7. The molecule has 8 nitrogen and oxygen atoms in total. The summed E-state index contributed by atoms with van der Waals surface area (Å²) < 4.78 is 6.67. The highest BCUT2D eigenvalue weighted by Gasteiger charge is 2.27. The number of esters is 1. The Labute approximate surface area is 234 Å². The number of rotatable bonds is 9. The van der Waals surface area contributed by atoms with Crippen LogP contribution in [0.2, 0.25) is 0 Å². The molecule has 1 N–H and O–H groups in total. The lowest BCUT2D eigenvalue weighted by Gasteiger charge is -2.30. The number of anilines is 1. The van der Waals surface area contributed by atoms with Crippen molar-refractivity contribution in [2.75, 3.05) is 18.5 Å². The molecule has 4 aromatic rings. The second-order valence-electron chi connectivity index (χ2n) is 9.85. The Balaban J connectivity index is 1.75. The molecule has 0 spiro atoms. The quantitative estimate of drug-likeness (QED) is 0.242. The second kappa shape index (κ2) is 12.6. The van der Waals surface area contributed by atoms with Crippen LogP contribution < -0.4 is 10.9 Å². The number of nitrogens with zero attached hydrogens (tertiary/aromatic N) is 3. The predicted molar refractivity (Wildman–Crippen MR) is 158 cm³/mol. The zero-order valence-electron chi connectivity index (χ0n) is 23.7. The molecule has 0 bridgehead atoms. The van der Waals surface area contributed by atoms with E-state index in [4.69, 9.17) is 9.72 Å². The van der Waals surface area contributed by atoms with E-state index in [0.717, 1.165) is 24.0 Å². The molecule has 2 amide bonds. The highest BCUT2D eigenvalue weighted by atomic mass is 16.5. The Morgan fingerprint density at radius 1 is 1.00 bits per heavy atom. The molecule has 0 fully saturated rings. The van der Waals surface area contributed by atoms with Gasteiger partial charge in [-0.25, -0.2) is 14.6 Å². The molecule has 3 aromatic carbocycles. The standard InChI is InChI=1S/C32H36N4O4/c1-6-8-19-35(32(39)33-25-16-14-24(15-17-25)31(38)40-7-2)23(5)29-34-28-12-10-9-11-27(28)30(37)36(29)26-18-13-21(3)22(4)20-26/h9-18,20,23H,6-8,19H2,1-5H3,(H,33,39). The van der Waals surface area contributed by atoms with E-state index in [0.29, 0.717) is 40.2 Å². The zero-order chi connectivity index (χ0) is 28.8. The van der Waals surface area contributed by atoms with E-state index in [1.807, 2.05) is 57.2 Å². The van der Waals surface area contributed by atoms with Crippen molar-refractivity contribution in [3.63, 3.8) is 0 Å². The van der Waals surface area contributed by atoms with Crippen LogP contribution in [0.1, 0.15) is 67.0 Å². The molecular formula is C32H36N4O4. The van der Waals surface area contributed by atoms with Gasteiger partial charge in [0.1, 0.15) is 5.82 Å². The van der Waals surface area contributed by atoms with E-state index >= 15 is 0 Å². The summed E-state index contributed by atoms with van der Waals surface area (Å²) in [5.74, 6) is 0.0705. The number of aromatic nitrogens is 2. The van der Waals surface area contributed by atoms with Crippen LogP contribution in [0.15, 0.2) is 71.5 Å². The number of unbranched alkanes of at least 4 members (excludes halogenated alkanes) is 1. The fraction of sp³-hybridized carbons (Fsp3) is 0.312. The third kappa shape index (κ3) is 6.06. The Morgan fingerprint density at radius 3 is 2.40 bits per heavy atom. The van der Waals surface area contributed by atoms with Crippen molar-refractivity contribution in [3.05, 3.63) is 99.6 Å². The highest BCUT2D eigenvalue weighted by molar-refractivity contribution is 5.92. The van der Waals surface area contributed by atoms with Crippen molar-refractivity contribution in [2.45, 2.75) is 53.5 Å². The molecule has 40 heavy (non-hydrogen) atoms. The van der Waals surface area contributed by atoms with Gasteiger partial charge in [0.05, 0.1) is 34.8 Å². The third-order valence-electron chi connectivity index (χ3n) is 7.05. The normalized spacial score (nSPS) is 11.7. The number of carbonyl (C=O) groups excluding carboxylic acids is 2. The summed E-state index contributed by atoms with van der Waals surface area (Å²) in [5.41, 5.74) is 4.25. The number of fused-ring (bicyclic) bond motifs is 1. The van der Waals surface area contributed by atoms with Gasteiger partial charge in [-0.3, -0.25) is 9.36 Å². The number of hydrogen-bond acceptors (Lipinski definition) is 5. The van der Waals surface area contributed by atoms with Crippen LogP contribution in [0.25, 0.3) is 16.6 Å². The average molecular weight is 541 g/mol. The molecule has 0 radical (unpaired) electrons. The molecular weight excluding hydrogens is 504 g/mol. The van der Waals surface area contributed by atoms with E-state index in [-0.39, 0.29) is 18.2 Å². The van der Waals surface area contributed by atoms with E-state index in [1.54, 1.807) is 46.7 Å². The minimum atomic E-state index is -0.524. The monoisotopic (exact) mass is 540 g/mol. The predicted octanol–water partition coefficient (Wildman–Crippen LogP) is 6.57. The number of ether oxygens (including phenoxy) is 1. The maximum Gasteiger partial charge on any atom is 0.338 e. The van der Waals surface area contributed by atoms with Gasteiger partial charge in [0.25, 0.3) is 5.56 Å². The van der Waals surface area contributed by atoms with Crippen LogP contribution in [0.3, 0.4) is 0 Å². The number of carbonyl (C=O) groups is 2. The molecule has 1 aromatic heterocycles. The first-order valence-electron chi connectivity index (χ1n) is 13.7. The average Bonchev–Trinajstić information content (AvgIpc) is 2.95. The Kier molecular flexibility index (Phi) is 8.99. The molecule has 0 aliphatic heterocycles. The van der Waals surface area contributed by atoms with Crippen LogP contribution in [0, 0.1) is 13.8 Å². The summed E-state index contributed by atoms with van der Waals surface area (Å²) in [5, 5.41) is 3.46. The van der Waals surface area contributed by atoms with Gasteiger partial charge >= 0.3 is 12.0 Å². The summed E-state index contributed by atoms with van der Waals surface area (Å²) in [6.07, 6.45) is 1.67. The second-order valence-corrected chi connectivity index (χ2v) is 9.85. The number of hydrogen-bond donors (Lipinski definition) is 1. The summed E-state index contributed by atoms with van der Waals surface area (Å²) in [4.78, 5) is 46.1. The summed E-state index contributed by atoms with van der Waals surface area (Å²) >= 11 is 0. The van der Waals surface area contributed by atoms with Crippen molar-refractivity contribution in [1.82, 2.24) is 14.5 Å². The first-order chi connectivity index (χ1) is 19.2. The lowest BCUT2D eigenvalue weighted by atomic mass is 10.1. The molecule has 4 rings (SSSR count). The van der Waals surface area contributed by atoms with Gasteiger partial charge in [-0.2, -0.15) is 0 Å². The lowest BCUT2D eigenvalue weighted by Crippen LogP contribution is -2.40. The van der Waals surface area contributed by atoms with Gasteiger partial charge in [0, 0.05) is 12.2 Å². The van der Waals surface area contributed by atoms with Crippen LogP contribution in [0.5, 0.6) is 0 Å². The molecule has 1 unspecified atom stereocenters. The molecule has 8 heteroatoms. The van der Waals surface area contributed by atoms with Crippen molar-refractivity contribution < 1.29 is 14.3 Å². The number of benzene rings is 3. The number of nitrogens with one attached hydrogen (secondary N) is 1. The number of amides is 2. The Hall–Kier alpha value is -4.46.